The monoisotopic (exact) mass is 412 g/mol. The van der Waals surface area contributed by atoms with Gasteiger partial charge in [-0.25, -0.2) is 4.98 Å². The van der Waals surface area contributed by atoms with E-state index in [2.05, 4.69) is 9.27 Å². The average molecular weight is 413 g/mol. The Hall–Kier alpha value is -2.44. The van der Waals surface area contributed by atoms with E-state index in [1.165, 1.54) is 11.5 Å². The summed E-state index contributed by atoms with van der Waals surface area (Å²) in [5.74, 6) is 0.923. The smallest absolute Gasteiger partial charge is 0.253 e. The Morgan fingerprint density at radius 2 is 1.79 bits per heavy atom. The number of carbonyl (C=O) groups is 1. The minimum Gasteiger partial charge on any atom is -0.345 e. The molecule has 2 heterocycles. The number of nitrogens with zero attached hydrogens (tertiary/aromatic N) is 4. The largest absolute Gasteiger partial charge is 0.345 e. The molecule has 3 aromatic rings. The summed E-state index contributed by atoms with van der Waals surface area (Å²) < 4.78 is 4.52. The molecule has 0 atom stereocenters. The lowest BCUT2D eigenvalue weighted by Crippen LogP contribution is -2.35. The molecule has 28 heavy (non-hydrogen) atoms. The molecule has 0 spiro atoms. The maximum absolute atomic E-state index is 12.7. The highest BCUT2D eigenvalue weighted by atomic mass is 35.5. The summed E-state index contributed by atoms with van der Waals surface area (Å²) in [4.78, 5) is 21.6. The van der Waals surface area contributed by atoms with Crippen molar-refractivity contribution in [2.75, 3.05) is 31.1 Å². The van der Waals surface area contributed by atoms with Gasteiger partial charge in [-0.3, -0.25) is 4.79 Å². The molecule has 0 unspecified atom stereocenters. The zero-order valence-corrected chi connectivity index (χ0v) is 17.0. The van der Waals surface area contributed by atoms with Crippen molar-refractivity contribution in [2.24, 2.45) is 0 Å². The predicted octanol–water partition coefficient (Wildman–Crippen LogP) is 4.13. The maximum atomic E-state index is 12.7. The molecule has 144 valence electrons. The van der Waals surface area contributed by atoms with Crippen molar-refractivity contribution in [3.05, 3.63) is 76.6 Å². The van der Waals surface area contributed by atoms with Gasteiger partial charge in [0.15, 0.2) is 0 Å². The minimum atomic E-state index is 0.100. The van der Waals surface area contributed by atoms with Gasteiger partial charge in [0.25, 0.3) is 5.91 Å². The fourth-order valence-corrected chi connectivity index (χ4v) is 4.17. The highest BCUT2D eigenvalue weighted by Crippen LogP contribution is 2.21. The minimum absolute atomic E-state index is 0.100. The molecule has 1 aliphatic rings. The van der Waals surface area contributed by atoms with Crippen LogP contribution >= 0.6 is 23.1 Å². The van der Waals surface area contributed by atoms with Gasteiger partial charge in [-0.05, 0) is 36.2 Å². The van der Waals surface area contributed by atoms with E-state index in [-0.39, 0.29) is 5.91 Å². The Kier molecular flexibility index (Phi) is 5.88. The van der Waals surface area contributed by atoms with Crippen molar-refractivity contribution >= 4 is 34.2 Å². The van der Waals surface area contributed by atoms with Crippen LogP contribution in [0.15, 0.2) is 54.6 Å². The lowest BCUT2D eigenvalue weighted by atomic mass is 10.1. The summed E-state index contributed by atoms with van der Waals surface area (Å²) >= 11 is 7.37. The van der Waals surface area contributed by atoms with E-state index in [4.69, 9.17) is 16.6 Å². The second kappa shape index (κ2) is 8.71. The van der Waals surface area contributed by atoms with Crippen molar-refractivity contribution in [1.29, 1.82) is 0 Å². The van der Waals surface area contributed by atoms with Crippen LogP contribution in [0.4, 0.5) is 5.13 Å². The molecule has 4 rings (SSSR count). The van der Waals surface area contributed by atoms with Crippen molar-refractivity contribution in [3.63, 3.8) is 0 Å². The number of hydrogen-bond acceptors (Lipinski definition) is 5. The molecule has 1 aliphatic heterocycles. The van der Waals surface area contributed by atoms with Crippen molar-refractivity contribution in [3.8, 4) is 0 Å². The number of benzene rings is 2. The van der Waals surface area contributed by atoms with Crippen molar-refractivity contribution in [2.45, 2.75) is 12.8 Å². The van der Waals surface area contributed by atoms with Crippen LogP contribution < -0.4 is 4.90 Å². The van der Waals surface area contributed by atoms with Crippen LogP contribution in [0.25, 0.3) is 0 Å². The maximum Gasteiger partial charge on any atom is 0.253 e. The molecule has 0 radical (unpaired) electrons. The number of hydrogen-bond donors (Lipinski definition) is 0. The Labute approximate surface area is 173 Å². The van der Waals surface area contributed by atoms with Crippen LogP contribution in [-0.4, -0.2) is 46.3 Å². The predicted molar refractivity (Wildman–Crippen MR) is 113 cm³/mol. The van der Waals surface area contributed by atoms with Gasteiger partial charge in [0.05, 0.1) is 0 Å². The van der Waals surface area contributed by atoms with Gasteiger partial charge in [0.1, 0.15) is 5.82 Å². The van der Waals surface area contributed by atoms with E-state index in [0.717, 1.165) is 53.2 Å². The normalized spacial score (nSPS) is 14.8. The Bertz CT molecular complexity index is 929. The van der Waals surface area contributed by atoms with Gasteiger partial charge in [-0.2, -0.15) is 4.37 Å². The molecule has 2 aromatic carbocycles. The highest BCUT2D eigenvalue weighted by molar-refractivity contribution is 7.09. The van der Waals surface area contributed by atoms with Gasteiger partial charge in [0, 0.05) is 54.7 Å². The summed E-state index contributed by atoms with van der Waals surface area (Å²) in [6, 6.07) is 17.3. The van der Waals surface area contributed by atoms with Gasteiger partial charge in [-0.1, -0.05) is 41.9 Å². The van der Waals surface area contributed by atoms with Crippen LogP contribution in [0, 0.1) is 0 Å². The molecule has 1 saturated heterocycles. The first-order chi connectivity index (χ1) is 13.7. The molecular weight excluding hydrogens is 392 g/mol. The summed E-state index contributed by atoms with van der Waals surface area (Å²) in [5, 5.41) is 1.66. The van der Waals surface area contributed by atoms with E-state index in [9.17, 15) is 4.79 Å². The Morgan fingerprint density at radius 3 is 2.57 bits per heavy atom. The van der Waals surface area contributed by atoms with Crippen molar-refractivity contribution in [1.82, 2.24) is 14.3 Å². The van der Waals surface area contributed by atoms with E-state index in [0.29, 0.717) is 13.0 Å². The van der Waals surface area contributed by atoms with Gasteiger partial charge in [0.2, 0.25) is 5.13 Å². The third-order valence-corrected chi connectivity index (χ3v) is 5.87. The number of carbonyl (C=O) groups excluding carboxylic acids is 1. The second-order valence-corrected chi connectivity index (χ2v) is 7.96. The first-order valence-corrected chi connectivity index (χ1v) is 10.5. The summed E-state index contributed by atoms with van der Waals surface area (Å²) in [7, 11) is 0. The number of aromatic nitrogens is 2. The second-order valence-electron chi connectivity index (χ2n) is 6.80. The van der Waals surface area contributed by atoms with Gasteiger partial charge >= 0.3 is 0 Å². The van der Waals surface area contributed by atoms with E-state index < -0.39 is 0 Å². The molecule has 1 aromatic heterocycles. The fraction of sp³-hybridized carbons (Fsp3) is 0.286. The topological polar surface area (TPSA) is 49.3 Å². The molecule has 0 bridgehead atoms. The Morgan fingerprint density at radius 1 is 1.00 bits per heavy atom. The van der Waals surface area contributed by atoms with E-state index in [1.54, 1.807) is 0 Å². The lowest BCUT2D eigenvalue weighted by Gasteiger charge is -2.21. The van der Waals surface area contributed by atoms with Gasteiger partial charge in [-0.15, -0.1) is 0 Å². The molecular formula is C21H21ClN4OS. The number of rotatable bonds is 4. The summed E-state index contributed by atoms with van der Waals surface area (Å²) in [6.07, 6.45) is 1.62. The van der Waals surface area contributed by atoms with Crippen molar-refractivity contribution < 1.29 is 4.79 Å². The molecule has 1 fully saturated rings. The van der Waals surface area contributed by atoms with E-state index in [1.807, 2.05) is 59.5 Å². The van der Waals surface area contributed by atoms with Crippen LogP contribution in [0.5, 0.6) is 0 Å². The molecule has 0 aliphatic carbocycles. The zero-order valence-electron chi connectivity index (χ0n) is 15.4. The highest BCUT2D eigenvalue weighted by Gasteiger charge is 2.22. The van der Waals surface area contributed by atoms with Crippen LogP contribution in [0.1, 0.15) is 28.2 Å². The van der Waals surface area contributed by atoms with Gasteiger partial charge < -0.3 is 9.80 Å². The number of anilines is 1. The lowest BCUT2D eigenvalue weighted by molar-refractivity contribution is 0.0767. The third kappa shape index (κ3) is 4.51. The number of amides is 1. The first-order valence-electron chi connectivity index (χ1n) is 9.35. The molecule has 0 saturated carbocycles. The molecule has 5 nitrogen and oxygen atoms in total. The molecule has 0 N–H and O–H groups in total. The average Bonchev–Trinajstić information content (AvgIpc) is 3.05. The first kappa shape index (κ1) is 18.9. The van der Waals surface area contributed by atoms with Crippen LogP contribution in [-0.2, 0) is 6.42 Å². The molecule has 1 amide bonds. The van der Waals surface area contributed by atoms with E-state index >= 15 is 0 Å². The summed E-state index contributed by atoms with van der Waals surface area (Å²) in [5.41, 5.74) is 1.89. The fourth-order valence-electron chi connectivity index (χ4n) is 3.30. The SMILES string of the molecule is O=C(c1ccccc1)N1CCCN(c2nc(Cc3ccc(Cl)cc3)ns2)CC1. The third-order valence-electron chi connectivity index (χ3n) is 4.81. The standard InChI is InChI=1S/C21H21ClN4OS/c22-18-9-7-16(8-10-18)15-19-23-21(28-24-19)26-12-4-11-25(13-14-26)20(27)17-5-2-1-3-6-17/h1-3,5-10H,4,11-15H2. The van der Waals surface area contributed by atoms with Crippen LogP contribution in [0.2, 0.25) is 5.02 Å². The van der Waals surface area contributed by atoms with Crippen LogP contribution in [0.3, 0.4) is 0 Å². The number of halogens is 1. The zero-order chi connectivity index (χ0) is 19.3. The summed E-state index contributed by atoms with van der Waals surface area (Å²) in [6.45, 7) is 3.11. The Balaban J connectivity index is 1.39. The molecule has 7 heteroatoms. The quantitative estimate of drug-likeness (QED) is 0.646.